The molecule has 7 nitrogen and oxygen atoms in total. The first kappa shape index (κ1) is 18.2. The first-order valence-electron chi connectivity index (χ1n) is 8.58. The van der Waals surface area contributed by atoms with Gasteiger partial charge in [0.05, 0.1) is 12.3 Å². The van der Waals surface area contributed by atoms with E-state index in [2.05, 4.69) is 5.32 Å². The molecule has 1 aromatic rings. The summed E-state index contributed by atoms with van der Waals surface area (Å²) < 4.78 is 31.4. The number of likely N-dealkylation sites (tertiary alicyclic amines) is 1. The van der Waals surface area contributed by atoms with E-state index in [0.717, 1.165) is 5.56 Å². The van der Waals surface area contributed by atoms with Gasteiger partial charge in [-0.05, 0) is 18.4 Å². The fourth-order valence-electron chi connectivity index (χ4n) is 3.45. The molecule has 3 rings (SSSR count). The van der Waals surface area contributed by atoms with Crippen molar-refractivity contribution in [2.75, 3.05) is 32.6 Å². The van der Waals surface area contributed by atoms with Crippen molar-refractivity contribution in [3.63, 3.8) is 0 Å². The first-order chi connectivity index (χ1) is 11.9. The number of carbonyl (C=O) groups is 1. The van der Waals surface area contributed by atoms with E-state index in [-0.39, 0.29) is 18.1 Å². The average Bonchev–Trinajstić information content (AvgIpc) is 2.56. The lowest BCUT2D eigenvalue weighted by molar-refractivity contribution is 0.0230. The molecule has 2 aliphatic heterocycles. The van der Waals surface area contributed by atoms with Gasteiger partial charge >= 0.3 is 6.03 Å². The summed E-state index contributed by atoms with van der Waals surface area (Å²) in [6, 6.07) is 9.38. The maximum atomic E-state index is 12.2. The Morgan fingerprint density at radius 2 is 1.84 bits per heavy atom. The topological polar surface area (TPSA) is 79.0 Å². The summed E-state index contributed by atoms with van der Waals surface area (Å²) >= 11 is 0. The summed E-state index contributed by atoms with van der Waals surface area (Å²) in [7, 11) is -3.31. The Hall–Kier alpha value is -1.64. The lowest BCUT2D eigenvalue weighted by atomic mass is 10.0. The predicted molar refractivity (Wildman–Crippen MR) is 94.6 cm³/mol. The molecule has 0 unspecified atom stereocenters. The summed E-state index contributed by atoms with van der Waals surface area (Å²) in [5, 5.41) is 2.88. The maximum Gasteiger partial charge on any atom is 0.317 e. The fourth-order valence-corrected chi connectivity index (χ4v) is 4.87. The van der Waals surface area contributed by atoms with Crippen LogP contribution in [-0.4, -0.2) is 68.3 Å². The molecule has 25 heavy (non-hydrogen) atoms. The van der Waals surface area contributed by atoms with Crippen molar-refractivity contribution < 1.29 is 17.9 Å². The second-order valence-corrected chi connectivity index (χ2v) is 8.53. The van der Waals surface area contributed by atoms with Crippen molar-refractivity contribution in [1.82, 2.24) is 14.5 Å². The molecule has 2 aliphatic rings. The standard InChI is InChI=1S/C17H25N3O4S/c1-25(22,23)20(15-7-9-24-10-8-15)16-12-19(13-16)17(21)18-11-14-5-3-2-4-6-14/h2-6,15-16H,7-13H2,1H3,(H,18,21). The Labute approximate surface area is 149 Å². The highest BCUT2D eigenvalue weighted by atomic mass is 32.2. The van der Waals surface area contributed by atoms with E-state index in [0.29, 0.717) is 45.7 Å². The average molecular weight is 367 g/mol. The third kappa shape index (κ3) is 4.50. The van der Waals surface area contributed by atoms with Crippen molar-refractivity contribution in [2.24, 2.45) is 0 Å². The third-order valence-electron chi connectivity index (χ3n) is 4.73. The van der Waals surface area contributed by atoms with Crippen molar-refractivity contribution in [2.45, 2.75) is 31.5 Å². The van der Waals surface area contributed by atoms with E-state index in [9.17, 15) is 13.2 Å². The molecule has 0 radical (unpaired) electrons. The van der Waals surface area contributed by atoms with Gasteiger partial charge in [0.15, 0.2) is 0 Å². The van der Waals surface area contributed by atoms with Crippen molar-refractivity contribution in [1.29, 1.82) is 0 Å². The molecular weight excluding hydrogens is 342 g/mol. The van der Waals surface area contributed by atoms with Crippen LogP contribution in [0, 0.1) is 0 Å². The minimum Gasteiger partial charge on any atom is -0.381 e. The Kier molecular flexibility index (Phi) is 5.61. The molecule has 138 valence electrons. The highest BCUT2D eigenvalue weighted by Crippen LogP contribution is 2.25. The highest BCUT2D eigenvalue weighted by molar-refractivity contribution is 7.88. The summed E-state index contributed by atoms with van der Waals surface area (Å²) in [6.45, 7) is 2.52. The number of nitrogens with one attached hydrogen (secondary N) is 1. The van der Waals surface area contributed by atoms with Crippen LogP contribution >= 0.6 is 0 Å². The Morgan fingerprint density at radius 3 is 2.44 bits per heavy atom. The summed E-state index contributed by atoms with van der Waals surface area (Å²) in [4.78, 5) is 13.9. The van der Waals surface area contributed by atoms with Crippen molar-refractivity contribution in [3.05, 3.63) is 35.9 Å². The number of carbonyl (C=O) groups excluding carboxylic acids is 1. The second-order valence-electron chi connectivity index (χ2n) is 6.64. The Balaban J connectivity index is 1.53. The molecule has 0 bridgehead atoms. The zero-order chi connectivity index (χ0) is 17.9. The number of rotatable bonds is 5. The van der Waals surface area contributed by atoms with Crippen LogP contribution in [-0.2, 0) is 21.3 Å². The summed E-state index contributed by atoms with van der Waals surface area (Å²) in [5.74, 6) is 0. The van der Waals surface area contributed by atoms with Gasteiger partial charge in [-0.2, -0.15) is 4.31 Å². The van der Waals surface area contributed by atoms with Crippen LogP contribution in [0.3, 0.4) is 0 Å². The summed E-state index contributed by atoms with van der Waals surface area (Å²) in [5.41, 5.74) is 1.04. The highest BCUT2D eigenvalue weighted by Gasteiger charge is 2.42. The number of ether oxygens (including phenoxy) is 1. The number of hydrogen-bond acceptors (Lipinski definition) is 4. The van der Waals surface area contributed by atoms with Crippen LogP contribution in [0.15, 0.2) is 30.3 Å². The molecule has 0 atom stereocenters. The van der Waals surface area contributed by atoms with Crippen molar-refractivity contribution >= 4 is 16.1 Å². The molecular formula is C17H25N3O4S. The Bertz CT molecular complexity index is 683. The number of urea groups is 1. The smallest absolute Gasteiger partial charge is 0.317 e. The van der Waals surface area contributed by atoms with E-state index in [1.54, 1.807) is 9.21 Å². The van der Waals surface area contributed by atoms with Crippen molar-refractivity contribution in [3.8, 4) is 0 Å². The second kappa shape index (κ2) is 7.72. The quantitative estimate of drug-likeness (QED) is 0.843. The zero-order valence-corrected chi connectivity index (χ0v) is 15.2. The van der Waals surface area contributed by atoms with Gasteiger partial charge in [0.25, 0.3) is 0 Å². The van der Waals surface area contributed by atoms with Crippen LogP contribution in [0.5, 0.6) is 0 Å². The Morgan fingerprint density at radius 1 is 1.20 bits per heavy atom. The van der Waals surface area contributed by atoms with Gasteiger partial charge in [-0.25, -0.2) is 13.2 Å². The minimum atomic E-state index is -3.31. The lowest BCUT2D eigenvalue weighted by Gasteiger charge is -2.47. The first-order valence-corrected chi connectivity index (χ1v) is 10.4. The van der Waals surface area contributed by atoms with E-state index >= 15 is 0 Å². The molecule has 2 heterocycles. The van der Waals surface area contributed by atoms with E-state index in [1.807, 2.05) is 30.3 Å². The van der Waals surface area contributed by atoms with Crippen LogP contribution in [0.2, 0.25) is 0 Å². The number of sulfonamides is 1. The fraction of sp³-hybridized carbons (Fsp3) is 0.588. The van der Waals surface area contributed by atoms with E-state index in [1.165, 1.54) is 6.26 Å². The van der Waals surface area contributed by atoms with Crippen LogP contribution in [0.25, 0.3) is 0 Å². The van der Waals surface area contributed by atoms with E-state index in [4.69, 9.17) is 4.74 Å². The summed E-state index contributed by atoms with van der Waals surface area (Å²) in [6.07, 6.45) is 2.67. The monoisotopic (exact) mass is 367 g/mol. The lowest BCUT2D eigenvalue weighted by Crippen LogP contribution is -2.66. The number of hydrogen-bond donors (Lipinski definition) is 1. The zero-order valence-electron chi connectivity index (χ0n) is 14.4. The van der Waals surface area contributed by atoms with E-state index < -0.39 is 10.0 Å². The van der Waals surface area contributed by atoms with Gasteiger partial charge in [0.2, 0.25) is 10.0 Å². The number of benzene rings is 1. The molecule has 1 aromatic carbocycles. The van der Waals surface area contributed by atoms with Crippen LogP contribution < -0.4 is 5.32 Å². The molecule has 0 aromatic heterocycles. The molecule has 0 spiro atoms. The molecule has 2 fully saturated rings. The molecule has 8 heteroatoms. The van der Waals surface area contributed by atoms with Gasteiger partial charge in [0, 0.05) is 38.9 Å². The van der Waals surface area contributed by atoms with Crippen LogP contribution in [0.1, 0.15) is 18.4 Å². The van der Waals surface area contributed by atoms with Gasteiger partial charge in [0.1, 0.15) is 0 Å². The van der Waals surface area contributed by atoms with Gasteiger partial charge in [-0.1, -0.05) is 30.3 Å². The number of amides is 2. The molecule has 2 saturated heterocycles. The predicted octanol–water partition coefficient (Wildman–Crippen LogP) is 1.02. The molecule has 0 aliphatic carbocycles. The largest absolute Gasteiger partial charge is 0.381 e. The van der Waals surface area contributed by atoms with Gasteiger partial charge in [-0.3, -0.25) is 0 Å². The molecule has 1 N–H and O–H groups in total. The number of nitrogens with zero attached hydrogens (tertiary/aromatic N) is 2. The SMILES string of the molecule is CS(=O)(=O)N(C1CCOCC1)C1CN(C(=O)NCc2ccccc2)C1. The third-order valence-corrected chi connectivity index (χ3v) is 6.09. The van der Waals surface area contributed by atoms with Crippen LogP contribution in [0.4, 0.5) is 4.79 Å². The molecule has 2 amide bonds. The maximum absolute atomic E-state index is 12.2. The minimum absolute atomic E-state index is 0.0247. The van der Waals surface area contributed by atoms with Gasteiger partial charge in [-0.15, -0.1) is 0 Å². The molecule has 0 saturated carbocycles. The normalized spacial score (nSPS) is 19.7. The van der Waals surface area contributed by atoms with Gasteiger partial charge < -0.3 is 15.0 Å².